The van der Waals surface area contributed by atoms with E-state index >= 15 is 0 Å². The number of ketones is 1. The van der Waals surface area contributed by atoms with Crippen molar-refractivity contribution in [2.45, 2.75) is 71.9 Å². The van der Waals surface area contributed by atoms with Gasteiger partial charge in [-0.1, -0.05) is 20.8 Å². The number of hydrogen-bond donors (Lipinski definition) is 0. The van der Waals surface area contributed by atoms with Crippen LogP contribution in [0.2, 0.25) is 0 Å². The van der Waals surface area contributed by atoms with Gasteiger partial charge >= 0.3 is 0 Å². The van der Waals surface area contributed by atoms with Gasteiger partial charge in [-0.25, -0.2) is 9.97 Å². The molecule has 1 aliphatic heterocycles. The van der Waals surface area contributed by atoms with Gasteiger partial charge in [0, 0.05) is 56.0 Å². The minimum atomic E-state index is -0.0209. The molecule has 1 aliphatic carbocycles. The maximum Gasteiger partial charge on any atom is 0.180 e. The number of nitrogens with zero attached hydrogens (tertiary/aromatic N) is 5. The van der Waals surface area contributed by atoms with Crippen LogP contribution in [0.25, 0.3) is 11.5 Å². The van der Waals surface area contributed by atoms with Crippen molar-refractivity contribution < 1.29 is 9.53 Å². The van der Waals surface area contributed by atoms with Crippen molar-refractivity contribution in [2.75, 3.05) is 32.1 Å². The molecule has 2 atom stereocenters. The molecule has 0 radical (unpaired) electrons. The molecule has 4 rings (SSSR count). The largest absolute Gasteiger partial charge is 0.489 e. The first-order valence-corrected chi connectivity index (χ1v) is 12.0. The predicted molar refractivity (Wildman–Crippen MR) is 131 cm³/mol. The molecule has 0 bridgehead atoms. The molecule has 1 saturated heterocycles. The molecule has 0 spiro atoms. The van der Waals surface area contributed by atoms with Crippen LogP contribution in [0.3, 0.4) is 0 Å². The Morgan fingerprint density at radius 3 is 2.76 bits per heavy atom. The molecule has 1 fully saturated rings. The molecule has 3 heterocycles. The number of hydrogen-bond acceptors (Lipinski definition) is 7. The Morgan fingerprint density at radius 2 is 2.06 bits per heavy atom. The molecule has 0 saturated carbocycles. The molecule has 0 N–H and O–H groups in total. The van der Waals surface area contributed by atoms with Gasteiger partial charge in [0.2, 0.25) is 0 Å². The summed E-state index contributed by atoms with van der Waals surface area (Å²) < 4.78 is 6.26. The van der Waals surface area contributed by atoms with Crippen LogP contribution in [-0.4, -0.2) is 65.0 Å². The summed E-state index contributed by atoms with van der Waals surface area (Å²) in [6, 6.07) is 4.36. The lowest BCUT2D eigenvalue weighted by molar-refractivity contribution is -0.119. The van der Waals surface area contributed by atoms with Crippen LogP contribution >= 0.6 is 0 Å². The van der Waals surface area contributed by atoms with Crippen LogP contribution in [0, 0.1) is 5.41 Å². The quantitative estimate of drug-likeness (QED) is 0.631. The summed E-state index contributed by atoms with van der Waals surface area (Å²) in [7, 11) is 4.09. The van der Waals surface area contributed by atoms with Crippen molar-refractivity contribution in [2.24, 2.45) is 5.41 Å². The lowest BCUT2D eigenvalue weighted by Gasteiger charge is -2.23. The second-order valence-electron chi connectivity index (χ2n) is 10.9. The van der Waals surface area contributed by atoms with E-state index in [-0.39, 0.29) is 17.3 Å². The number of likely N-dealkylation sites (tertiary alicyclic amines) is 1. The van der Waals surface area contributed by atoms with Crippen LogP contribution in [-0.2, 0) is 17.6 Å². The van der Waals surface area contributed by atoms with Crippen LogP contribution in [0.15, 0.2) is 18.3 Å². The van der Waals surface area contributed by atoms with E-state index < -0.39 is 0 Å². The number of ether oxygens (including phenoxy) is 1. The number of Topliss-reactive ketones (excluding diaryl/α,β-unsaturated/α-hetero) is 1. The van der Waals surface area contributed by atoms with Crippen LogP contribution in [0.5, 0.6) is 5.75 Å². The Hall–Kier alpha value is -2.54. The van der Waals surface area contributed by atoms with Gasteiger partial charge in [-0.15, -0.1) is 0 Å². The van der Waals surface area contributed by atoms with Crippen molar-refractivity contribution in [1.82, 2.24) is 19.9 Å². The van der Waals surface area contributed by atoms with Crippen molar-refractivity contribution in [1.29, 1.82) is 0 Å². The molecule has 33 heavy (non-hydrogen) atoms. The fraction of sp³-hybridized carbons (Fsp3) is 0.615. The molecule has 0 unspecified atom stereocenters. The summed E-state index contributed by atoms with van der Waals surface area (Å²) in [4.78, 5) is 31.2. The summed E-state index contributed by atoms with van der Waals surface area (Å²) >= 11 is 0. The highest BCUT2D eigenvalue weighted by Gasteiger charge is 2.28. The topological polar surface area (TPSA) is 71.5 Å². The fourth-order valence-corrected chi connectivity index (χ4v) is 4.85. The summed E-state index contributed by atoms with van der Waals surface area (Å²) in [5.74, 6) is 2.48. The normalized spacial score (nSPS) is 20.7. The average Bonchev–Trinajstić information content (AvgIpc) is 3.31. The molecule has 2 aromatic heterocycles. The zero-order valence-electron chi connectivity index (χ0n) is 20.9. The first kappa shape index (κ1) is 23.6. The second-order valence-corrected chi connectivity index (χ2v) is 10.9. The average molecular weight is 452 g/mol. The van der Waals surface area contributed by atoms with Crippen molar-refractivity contribution in [3.8, 4) is 17.3 Å². The Morgan fingerprint density at radius 1 is 1.27 bits per heavy atom. The van der Waals surface area contributed by atoms with Gasteiger partial charge in [-0.05, 0) is 44.7 Å². The third-order valence-electron chi connectivity index (χ3n) is 6.53. The number of carbonyl (C=O) groups is 1. The third kappa shape index (κ3) is 5.69. The molecular formula is C26H37N5O2. The van der Waals surface area contributed by atoms with Crippen molar-refractivity contribution in [3.63, 3.8) is 0 Å². The summed E-state index contributed by atoms with van der Waals surface area (Å²) in [5.41, 5.74) is 2.93. The number of aryl methyl sites for hydroxylation is 1. The van der Waals surface area contributed by atoms with E-state index in [2.05, 4.69) is 44.6 Å². The Kier molecular flexibility index (Phi) is 6.71. The van der Waals surface area contributed by atoms with Gasteiger partial charge in [0.05, 0.1) is 6.54 Å². The summed E-state index contributed by atoms with van der Waals surface area (Å²) in [5, 5.41) is 0. The number of pyridine rings is 1. The zero-order valence-corrected chi connectivity index (χ0v) is 20.9. The minimum absolute atomic E-state index is 0.0209. The standard InChI is InChI=1S/C26H37N5O2/c1-17-12-20(16-30(17)5)33-19-10-11-27-23(13-19)24-28-22-9-7-8-21(22)25(29-24)31(6)15-18(32)14-26(2,3)4/h10-11,13,17,20H,7-9,12,14-16H2,1-6H3/t17-,20+/m0/s1. The van der Waals surface area contributed by atoms with Gasteiger partial charge in [0.15, 0.2) is 11.6 Å². The molecule has 7 heteroatoms. The number of likely N-dealkylation sites (N-methyl/N-ethyl adjacent to an activating group) is 2. The SMILES string of the molecule is C[C@H]1C[C@@H](Oc2ccnc(-c3nc4c(c(N(C)CC(=O)CC(C)(C)C)n3)CCC4)c2)CN1C. The molecule has 178 valence electrons. The van der Waals surface area contributed by atoms with E-state index in [0.29, 0.717) is 30.5 Å². The van der Waals surface area contributed by atoms with Gasteiger partial charge in [-0.3, -0.25) is 14.7 Å². The molecule has 2 aliphatic rings. The highest BCUT2D eigenvalue weighted by Crippen LogP contribution is 2.32. The second kappa shape index (κ2) is 9.37. The lowest BCUT2D eigenvalue weighted by atomic mass is 9.90. The Bertz CT molecular complexity index is 1010. The molecule has 0 aromatic carbocycles. The van der Waals surface area contributed by atoms with Gasteiger partial charge in [0.1, 0.15) is 23.4 Å². The summed E-state index contributed by atoms with van der Waals surface area (Å²) in [6.45, 7) is 9.78. The van der Waals surface area contributed by atoms with Gasteiger partial charge < -0.3 is 9.64 Å². The van der Waals surface area contributed by atoms with E-state index in [9.17, 15) is 4.79 Å². The first-order valence-electron chi connectivity index (χ1n) is 12.0. The monoisotopic (exact) mass is 451 g/mol. The Labute approximate surface area is 197 Å². The lowest BCUT2D eigenvalue weighted by Crippen LogP contribution is -2.30. The number of rotatable bonds is 7. The number of anilines is 1. The van der Waals surface area contributed by atoms with E-state index in [0.717, 1.165) is 49.5 Å². The van der Waals surface area contributed by atoms with E-state index in [4.69, 9.17) is 14.7 Å². The third-order valence-corrected chi connectivity index (χ3v) is 6.53. The number of aromatic nitrogens is 3. The first-order chi connectivity index (χ1) is 15.6. The number of fused-ring (bicyclic) bond motifs is 1. The maximum absolute atomic E-state index is 12.6. The molecule has 0 amide bonds. The van der Waals surface area contributed by atoms with Crippen LogP contribution < -0.4 is 9.64 Å². The van der Waals surface area contributed by atoms with Crippen LogP contribution in [0.1, 0.15) is 58.2 Å². The highest BCUT2D eigenvalue weighted by atomic mass is 16.5. The number of carbonyl (C=O) groups excluding carboxylic acids is 1. The smallest absolute Gasteiger partial charge is 0.180 e. The van der Waals surface area contributed by atoms with E-state index in [1.807, 2.05) is 24.1 Å². The predicted octanol–water partition coefficient (Wildman–Crippen LogP) is 3.94. The van der Waals surface area contributed by atoms with Gasteiger partial charge in [-0.2, -0.15) is 0 Å². The zero-order chi connectivity index (χ0) is 23.8. The van der Waals surface area contributed by atoms with Crippen LogP contribution in [0.4, 0.5) is 5.82 Å². The molecular weight excluding hydrogens is 414 g/mol. The highest BCUT2D eigenvalue weighted by molar-refractivity contribution is 5.84. The molecule has 2 aromatic rings. The minimum Gasteiger partial charge on any atom is -0.489 e. The van der Waals surface area contributed by atoms with Gasteiger partial charge in [0.25, 0.3) is 0 Å². The van der Waals surface area contributed by atoms with E-state index in [1.165, 1.54) is 5.56 Å². The fourth-order valence-electron chi connectivity index (χ4n) is 4.85. The maximum atomic E-state index is 12.6. The Balaban J connectivity index is 1.57. The van der Waals surface area contributed by atoms with E-state index in [1.54, 1.807) is 6.20 Å². The van der Waals surface area contributed by atoms with Crippen molar-refractivity contribution >= 4 is 11.6 Å². The summed E-state index contributed by atoms with van der Waals surface area (Å²) in [6.07, 6.45) is 6.45. The van der Waals surface area contributed by atoms with Crippen molar-refractivity contribution in [3.05, 3.63) is 29.6 Å². The molecule has 7 nitrogen and oxygen atoms in total.